The smallest absolute Gasteiger partial charge is 0.349 e. The second-order valence-corrected chi connectivity index (χ2v) is 3.81. The van der Waals surface area contributed by atoms with Crippen LogP contribution in [0.15, 0.2) is 18.3 Å². The lowest BCUT2D eigenvalue weighted by Gasteiger charge is -2.31. The third-order valence-corrected chi connectivity index (χ3v) is 2.55. The molecule has 2 rings (SSSR count). The van der Waals surface area contributed by atoms with E-state index in [-0.39, 0.29) is 19.1 Å². The van der Waals surface area contributed by atoms with Crippen molar-refractivity contribution >= 4 is 17.7 Å². The molecule has 0 saturated heterocycles. The zero-order chi connectivity index (χ0) is 13.1. The standard InChI is InChI=1S/C12H14N2O4/c1-3-17-12(16)10-7-14(8(2)15)11-9(18-10)5-4-6-13-11/h4-6,10H,3,7H2,1-2H3. The summed E-state index contributed by atoms with van der Waals surface area (Å²) >= 11 is 0. The van der Waals surface area contributed by atoms with Crippen LogP contribution in [0.5, 0.6) is 5.75 Å². The number of fused-ring (bicyclic) bond motifs is 1. The Bertz CT molecular complexity index is 475. The normalized spacial score (nSPS) is 17.7. The lowest BCUT2D eigenvalue weighted by atomic mass is 10.2. The van der Waals surface area contributed by atoms with E-state index in [2.05, 4.69) is 4.98 Å². The highest BCUT2D eigenvalue weighted by atomic mass is 16.6. The Morgan fingerprint density at radius 2 is 2.39 bits per heavy atom. The van der Waals surface area contributed by atoms with Crippen molar-refractivity contribution in [3.05, 3.63) is 18.3 Å². The summed E-state index contributed by atoms with van der Waals surface area (Å²) in [6, 6.07) is 3.36. The van der Waals surface area contributed by atoms with Crippen molar-refractivity contribution in [1.82, 2.24) is 4.98 Å². The van der Waals surface area contributed by atoms with Crippen LogP contribution in [0.25, 0.3) is 0 Å². The maximum atomic E-state index is 11.7. The van der Waals surface area contributed by atoms with Crippen LogP contribution in [-0.2, 0) is 14.3 Å². The molecule has 0 N–H and O–H groups in total. The molecular weight excluding hydrogens is 236 g/mol. The SMILES string of the molecule is CCOC(=O)C1CN(C(C)=O)c2ncccc2O1. The van der Waals surface area contributed by atoms with E-state index < -0.39 is 12.1 Å². The quantitative estimate of drug-likeness (QED) is 0.725. The average Bonchev–Trinajstić information content (AvgIpc) is 2.37. The van der Waals surface area contributed by atoms with E-state index in [1.54, 1.807) is 25.3 Å². The zero-order valence-electron chi connectivity index (χ0n) is 10.3. The van der Waals surface area contributed by atoms with E-state index in [1.165, 1.54) is 11.8 Å². The number of esters is 1. The molecule has 2 heterocycles. The fourth-order valence-electron chi connectivity index (χ4n) is 1.76. The molecule has 6 heteroatoms. The van der Waals surface area contributed by atoms with E-state index in [0.29, 0.717) is 11.6 Å². The number of hydrogen-bond acceptors (Lipinski definition) is 5. The van der Waals surface area contributed by atoms with Gasteiger partial charge in [-0.15, -0.1) is 0 Å². The molecule has 96 valence electrons. The summed E-state index contributed by atoms with van der Waals surface area (Å²) in [4.78, 5) is 28.7. The lowest BCUT2D eigenvalue weighted by Crippen LogP contribution is -2.47. The van der Waals surface area contributed by atoms with Crippen molar-refractivity contribution in [2.24, 2.45) is 0 Å². The topological polar surface area (TPSA) is 68.7 Å². The van der Waals surface area contributed by atoms with Gasteiger partial charge in [0.1, 0.15) is 0 Å². The molecule has 1 atom stereocenters. The third-order valence-electron chi connectivity index (χ3n) is 2.55. The molecule has 1 aliphatic rings. The molecule has 18 heavy (non-hydrogen) atoms. The highest BCUT2D eigenvalue weighted by molar-refractivity contribution is 5.94. The minimum Gasteiger partial charge on any atom is -0.473 e. The molecule has 0 bridgehead atoms. The van der Waals surface area contributed by atoms with Gasteiger partial charge in [-0.1, -0.05) is 0 Å². The van der Waals surface area contributed by atoms with Crippen molar-refractivity contribution in [3.8, 4) is 5.75 Å². The van der Waals surface area contributed by atoms with Gasteiger partial charge in [0.05, 0.1) is 13.2 Å². The maximum Gasteiger partial charge on any atom is 0.349 e. The molecule has 6 nitrogen and oxygen atoms in total. The predicted octanol–water partition coefficient (Wildman–Crippen LogP) is 0.759. The Labute approximate surface area is 105 Å². The first kappa shape index (κ1) is 12.3. The lowest BCUT2D eigenvalue weighted by molar-refractivity contribution is -0.151. The largest absolute Gasteiger partial charge is 0.473 e. The van der Waals surface area contributed by atoms with Gasteiger partial charge in [0.2, 0.25) is 12.0 Å². The van der Waals surface area contributed by atoms with Crippen LogP contribution < -0.4 is 9.64 Å². The number of carbonyl (C=O) groups excluding carboxylic acids is 2. The van der Waals surface area contributed by atoms with E-state index in [4.69, 9.17) is 9.47 Å². The van der Waals surface area contributed by atoms with Gasteiger partial charge in [-0.05, 0) is 19.1 Å². The van der Waals surface area contributed by atoms with Gasteiger partial charge in [0, 0.05) is 13.1 Å². The molecular formula is C12H14N2O4. The van der Waals surface area contributed by atoms with E-state index in [9.17, 15) is 9.59 Å². The number of ether oxygens (including phenoxy) is 2. The van der Waals surface area contributed by atoms with Gasteiger partial charge < -0.3 is 9.47 Å². The van der Waals surface area contributed by atoms with Crippen molar-refractivity contribution in [2.45, 2.75) is 20.0 Å². The molecule has 0 aliphatic carbocycles. The molecule has 0 aromatic carbocycles. The van der Waals surface area contributed by atoms with Crippen LogP contribution in [0.3, 0.4) is 0 Å². The fourth-order valence-corrected chi connectivity index (χ4v) is 1.76. The first-order valence-electron chi connectivity index (χ1n) is 5.70. The molecule has 1 aliphatic heterocycles. The Morgan fingerprint density at radius 1 is 1.61 bits per heavy atom. The molecule has 0 radical (unpaired) electrons. The van der Waals surface area contributed by atoms with Gasteiger partial charge in [-0.2, -0.15) is 0 Å². The number of aromatic nitrogens is 1. The van der Waals surface area contributed by atoms with E-state index >= 15 is 0 Å². The molecule has 0 fully saturated rings. The number of nitrogens with zero attached hydrogens (tertiary/aromatic N) is 2. The van der Waals surface area contributed by atoms with E-state index in [0.717, 1.165) is 0 Å². The zero-order valence-corrected chi connectivity index (χ0v) is 10.3. The van der Waals surface area contributed by atoms with E-state index in [1.807, 2.05) is 0 Å². The molecule has 1 aromatic heterocycles. The maximum absolute atomic E-state index is 11.7. The molecule has 1 unspecified atom stereocenters. The second kappa shape index (κ2) is 5.03. The number of pyridine rings is 1. The third kappa shape index (κ3) is 2.27. The summed E-state index contributed by atoms with van der Waals surface area (Å²) in [5, 5.41) is 0. The summed E-state index contributed by atoms with van der Waals surface area (Å²) in [7, 11) is 0. The Balaban J connectivity index is 2.28. The van der Waals surface area contributed by atoms with Crippen LogP contribution in [0, 0.1) is 0 Å². The Morgan fingerprint density at radius 3 is 3.06 bits per heavy atom. The molecule has 0 spiro atoms. The van der Waals surface area contributed by atoms with Crippen LogP contribution >= 0.6 is 0 Å². The van der Waals surface area contributed by atoms with Crippen LogP contribution in [-0.4, -0.2) is 36.1 Å². The Hall–Kier alpha value is -2.11. The first-order chi connectivity index (χ1) is 8.63. The van der Waals surface area contributed by atoms with Gasteiger partial charge >= 0.3 is 5.97 Å². The molecule has 1 amide bonds. The number of rotatable bonds is 2. The number of hydrogen-bond donors (Lipinski definition) is 0. The van der Waals surface area contributed by atoms with Crippen LogP contribution in [0.4, 0.5) is 5.82 Å². The minimum absolute atomic E-state index is 0.123. The summed E-state index contributed by atoms with van der Waals surface area (Å²) in [6.07, 6.45) is 0.772. The number of amides is 1. The van der Waals surface area contributed by atoms with Crippen LogP contribution in [0.2, 0.25) is 0 Å². The fraction of sp³-hybridized carbons (Fsp3) is 0.417. The average molecular weight is 250 g/mol. The van der Waals surface area contributed by atoms with Crippen LogP contribution in [0.1, 0.15) is 13.8 Å². The first-order valence-corrected chi connectivity index (χ1v) is 5.70. The van der Waals surface area contributed by atoms with Crippen molar-refractivity contribution in [2.75, 3.05) is 18.1 Å². The second-order valence-electron chi connectivity index (χ2n) is 3.81. The summed E-state index contributed by atoms with van der Waals surface area (Å²) < 4.78 is 10.4. The molecule has 0 saturated carbocycles. The van der Waals surface area contributed by atoms with Gasteiger partial charge in [-0.3, -0.25) is 9.69 Å². The van der Waals surface area contributed by atoms with Crippen molar-refractivity contribution in [3.63, 3.8) is 0 Å². The summed E-state index contributed by atoms with van der Waals surface area (Å²) in [5.74, 6) is 0.188. The molecule has 1 aromatic rings. The van der Waals surface area contributed by atoms with Gasteiger partial charge in [-0.25, -0.2) is 9.78 Å². The number of anilines is 1. The predicted molar refractivity (Wildman–Crippen MR) is 63.3 cm³/mol. The Kier molecular flexibility index (Phi) is 3.45. The van der Waals surface area contributed by atoms with Crippen molar-refractivity contribution < 1.29 is 19.1 Å². The summed E-state index contributed by atoms with van der Waals surface area (Å²) in [5.41, 5.74) is 0. The highest BCUT2D eigenvalue weighted by Crippen LogP contribution is 2.31. The highest BCUT2D eigenvalue weighted by Gasteiger charge is 2.34. The number of carbonyl (C=O) groups is 2. The summed E-state index contributed by atoms with van der Waals surface area (Å²) in [6.45, 7) is 3.54. The minimum atomic E-state index is -0.800. The van der Waals surface area contributed by atoms with Gasteiger partial charge in [0.15, 0.2) is 11.6 Å². The van der Waals surface area contributed by atoms with Crippen molar-refractivity contribution in [1.29, 1.82) is 0 Å². The monoisotopic (exact) mass is 250 g/mol. The van der Waals surface area contributed by atoms with Gasteiger partial charge in [0.25, 0.3) is 0 Å².